The fraction of sp³-hybridized carbons (Fsp3) is 0.250. The zero-order chi connectivity index (χ0) is 18.4. The highest BCUT2D eigenvalue weighted by molar-refractivity contribution is 7.82. The number of nitrogens with zero attached hydrogens (tertiary/aromatic N) is 2. The van der Waals surface area contributed by atoms with Gasteiger partial charge < -0.3 is 0 Å². The van der Waals surface area contributed by atoms with Gasteiger partial charge >= 0.3 is 0 Å². The predicted molar refractivity (Wildman–Crippen MR) is 107 cm³/mol. The molecule has 0 N–H and O–H groups in total. The molecule has 1 amide bonds. The maximum Gasteiger partial charge on any atom is 0.260 e. The lowest BCUT2D eigenvalue weighted by molar-refractivity contribution is 0.0758. The van der Waals surface area contributed by atoms with Crippen LogP contribution in [0.15, 0.2) is 47.5 Å². The third-order valence-corrected chi connectivity index (χ3v) is 5.04. The normalized spacial score (nSPS) is 16.1. The second kappa shape index (κ2) is 6.36. The zero-order valence-corrected chi connectivity index (χ0v) is 16.2. The summed E-state index contributed by atoms with van der Waals surface area (Å²) in [6, 6.07) is 13.0. The minimum Gasteiger partial charge on any atom is -0.272 e. The van der Waals surface area contributed by atoms with Crippen LogP contribution in [0.3, 0.4) is 0 Å². The minimum atomic E-state index is -0.734. The van der Waals surface area contributed by atoms with Crippen LogP contribution in [0.4, 0.5) is 0 Å². The second-order valence-electron chi connectivity index (χ2n) is 6.71. The first kappa shape index (κ1) is 17.8. The zero-order valence-electron chi connectivity index (χ0n) is 14.6. The summed E-state index contributed by atoms with van der Waals surface area (Å²) in [5.74, 6) is -0.134. The lowest BCUT2D eigenvalue weighted by Crippen LogP contribution is -2.46. The van der Waals surface area contributed by atoms with Crippen LogP contribution in [-0.2, 0) is 0 Å². The highest BCUT2D eigenvalue weighted by Gasteiger charge is 2.42. The Balaban J connectivity index is 1.98. The van der Waals surface area contributed by atoms with Gasteiger partial charge in [-0.3, -0.25) is 14.7 Å². The Morgan fingerprint density at radius 1 is 1.08 bits per heavy atom. The Bertz CT molecular complexity index is 900. The Morgan fingerprint density at radius 2 is 1.72 bits per heavy atom. The summed E-state index contributed by atoms with van der Waals surface area (Å²) in [4.78, 5) is 19.9. The minimum absolute atomic E-state index is 0.134. The number of hydrogen-bond acceptors (Lipinski definition) is 3. The van der Waals surface area contributed by atoms with Crippen molar-refractivity contribution in [1.82, 2.24) is 4.90 Å². The van der Waals surface area contributed by atoms with E-state index >= 15 is 0 Å². The van der Waals surface area contributed by atoms with Crippen LogP contribution in [-0.4, -0.2) is 27.2 Å². The summed E-state index contributed by atoms with van der Waals surface area (Å²) in [6.45, 7) is 7.80. The fourth-order valence-corrected chi connectivity index (χ4v) is 3.46. The number of halogens is 1. The number of carbonyl (C=O) groups excluding carboxylic acids is 1. The molecule has 5 heteroatoms. The number of rotatable bonds is 2. The van der Waals surface area contributed by atoms with Crippen molar-refractivity contribution in [3.8, 4) is 0 Å². The summed E-state index contributed by atoms with van der Waals surface area (Å²) in [6.07, 6.45) is 0. The average molecular weight is 371 g/mol. The summed E-state index contributed by atoms with van der Waals surface area (Å²) < 4.78 is 0. The number of carbonyl (C=O) groups is 1. The van der Waals surface area contributed by atoms with E-state index in [1.165, 1.54) is 0 Å². The van der Waals surface area contributed by atoms with Gasteiger partial charge in [-0.1, -0.05) is 42.0 Å². The number of aryl methyl sites for hydroxylation is 2. The molecule has 0 atom stereocenters. The van der Waals surface area contributed by atoms with E-state index in [4.69, 9.17) is 28.8 Å². The molecule has 1 aliphatic heterocycles. The van der Waals surface area contributed by atoms with E-state index in [1.807, 2.05) is 58.0 Å². The topological polar surface area (TPSA) is 32.7 Å². The van der Waals surface area contributed by atoms with E-state index in [0.717, 1.165) is 16.7 Å². The van der Waals surface area contributed by atoms with E-state index in [9.17, 15) is 4.79 Å². The van der Waals surface area contributed by atoms with Gasteiger partial charge in [0.1, 0.15) is 16.4 Å². The summed E-state index contributed by atoms with van der Waals surface area (Å²) in [7, 11) is 0. The van der Waals surface area contributed by atoms with Crippen LogP contribution >= 0.6 is 23.8 Å². The van der Waals surface area contributed by atoms with Gasteiger partial charge in [-0.2, -0.15) is 0 Å². The largest absolute Gasteiger partial charge is 0.272 e. The highest BCUT2D eigenvalue weighted by Crippen LogP contribution is 2.30. The van der Waals surface area contributed by atoms with E-state index in [0.29, 0.717) is 21.3 Å². The quantitative estimate of drug-likeness (QED) is 0.699. The molecule has 0 saturated carbocycles. The molecule has 0 aliphatic carbocycles. The average Bonchev–Trinajstić information content (AvgIpc) is 2.79. The molecule has 0 radical (unpaired) electrons. The van der Waals surface area contributed by atoms with Crippen molar-refractivity contribution >= 4 is 40.4 Å². The standard InChI is InChI=1S/C20H19ClN2OS/c1-12-5-6-15(11-13(12)2)18(24)23-19(25)17(22-20(23,3)4)14-7-9-16(21)10-8-14/h5-11H,1-4H3. The van der Waals surface area contributed by atoms with E-state index in [2.05, 4.69) is 0 Å². The molecular formula is C20H19ClN2OS. The Labute approximate surface area is 158 Å². The molecule has 2 aromatic carbocycles. The molecule has 0 saturated heterocycles. The number of benzene rings is 2. The van der Waals surface area contributed by atoms with Crippen molar-refractivity contribution in [2.24, 2.45) is 4.99 Å². The first-order valence-corrected chi connectivity index (χ1v) is 8.81. The molecule has 0 fully saturated rings. The molecule has 0 spiro atoms. The highest BCUT2D eigenvalue weighted by atomic mass is 35.5. The Morgan fingerprint density at radius 3 is 2.32 bits per heavy atom. The van der Waals surface area contributed by atoms with Crippen molar-refractivity contribution in [3.05, 3.63) is 69.7 Å². The van der Waals surface area contributed by atoms with Crippen molar-refractivity contribution in [2.45, 2.75) is 33.4 Å². The number of aliphatic imine (C=N–C) groups is 1. The molecule has 128 valence electrons. The van der Waals surface area contributed by atoms with Gasteiger partial charge in [-0.05, 0) is 63.1 Å². The maximum absolute atomic E-state index is 13.1. The fourth-order valence-electron chi connectivity index (χ4n) is 2.87. The van der Waals surface area contributed by atoms with Gasteiger partial charge in [0.15, 0.2) is 0 Å². The molecule has 1 aliphatic rings. The van der Waals surface area contributed by atoms with E-state index in [1.54, 1.807) is 17.0 Å². The van der Waals surface area contributed by atoms with E-state index in [-0.39, 0.29) is 5.91 Å². The van der Waals surface area contributed by atoms with Crippen molar-refractivity contribution in [2.75, 3.05) is 0 Å². The van der Waals surface area contributed by atoms with Gasteiger partial charge in [0.05, 0.1) is 0 Å². The third-order valence-electron chi connectivity index (χ3n) is 4.41. The monoisotopic (exact) mass is 370 g/mol. The van der Waals surface area contributed by atoms with Crippen molar-refractivity contribution < 1.29 is 4.79 Å². The van der Waals surface area contributed by atoms with Crippen molar-refractivity contribution in [1.29, 1.82) is 0 Å². The lowest BCUT2D eigenvalue weighted by atomic mass is 10.0. The van der Waals surface area contributed by atoms with E-state index < -0.39 is 5.66 Å². The van der Waals surface area contributed by atoms with Gasteiger partial charge in [0.2, 0.25) is 0 Å². The van der Waals surface area contributed by atoms with Gasteiger partial charge in [0.25, 0.3) is 5.91 Å². The molecule has 25 heavy (non-hydrogen) atoms. The molecule has 0 aromatic heterocycles. The summed E-state index contributed by atoms with van der Waals surface area (Å²) in [5, 5.41) is 0.649. The van der Waals surface area contributed by atoms with Crippen LogP contribution in [0.1, 0.15) is 40.9 Å². The number of amides is 1. The molecule has 3 rings (SSSR count). The van der Waals surface area contributed by atoms with Crippen molar-refractivity contribution in [3.63, 3.8) is 0 Å². The number of hydrogen-bond donors (Lipinski definition) is 0. The van der Waals surface area contributed by atoms with Crippen LogP contribution in [0.25, 0.3) is 0 Å². The SMILES string of the molecule is Cc1ccc(C(=O)N2C(=S)C(c3ccc(Cl)cc3)=NC2(C)C)cc1C. The second-order valence-corrected chi connectivity index (χ2v) is 7.53. The summed E-state index contributed by atoms with van der Waals surface area (Å²) in [5.41, 5.74) is 3.62. The maximum atomic E-state index is 13.1. The molecular weight excluding hydrogens is 352 g/mol. The smallest absolute Gasteiger partial charge is 0.260 e. The van der Waals surface area contributed by atoms with Gasteiger partial charge in [0, 0.05) is 16.1 Å². The Hall–Kier alpha value is -2.04. The molecule has 1 heterocycles. The van der Waals surface area contributed by atoms with Crippen LogP contribution < -0.4 is 0 Å². The Kier molecular flexibility index (Phi) is 4.52. The third kappa shape index (κ3) is 3.24. The lowest BCUT2D eigenvalue weighted by Gasteiger charge is -2.29. The van der Waals surface area contributed by atoms with Crippen LogP contribution in [0.5, 0.6) is 0 Å². The molecule has 0 bridgehead atoms. The van der Waals surface area contributed by atoms with Gasteiger partial charge in [-0.15, -0.1) is 0 Å². The summed E-state index contributed by atoms with van der Waals surface area (Å²) >= 11 is 11.6. The predicted octanol–water partition coefficient (Wildman–Crippen LogP) is 4.97. The first-order chi connectivity index (χ1) is 11.7. The molecule has 3 nitrogen and oxygen atoms in total. The first-order valence-electron chi connectivity index (χ1n) is 8.02. The van der Waals surface area contributed by atoms with Crippen LogP contribution in [0.2, 0.25) is 5.02 Å². The number of thiocarbonyl (C=S) groups is 1. The molecule has 0 unspecified atom stereocenters. The van der Waals surface area contributed by atoms with Crippen LogP contribution in [0, 0.1) is 13.8 Å². The molecule has 2 aromatic rings. The van der Waals surface area contributed by atoms with Gasteiger partial charge in [-0.25, -0.2) is 0 Å².